The first kappa shape index (κ1) is 11.3. The van der Waals surface area contributed by atoms with Crippen molar-refractivity contribution in [2.24, 2.45) is 0 Å². The summed E-state index contributed by atoms with van der Waals surface area (Å²) < 4.78 is 14.5. The largest absolute Gasteiger partial charge is 0.550 e. The molecule has 70 valence electrons. The minimum atomic E-state index is -2.18. The number of carbonyl (C=O) groups excluding carboxylic acids is 1. The van der Waals surface area contributed by atoms with Crippen molar-refractivity contribution in [3.8, 4) is 0 Å². The Kier molecular flexibility index (Phi) is 6.64. The summed E-state index contributed by atoms with van der Waals surface area (Å²) in [6.45, 7) is 3.49. The molecule has 0 spiro atoms. The number of hydrogen-bond acceptors (Lipinski definition) is 4. The molecule has 0 amide bonds. The van der Waals surface area contributed by atoms with Crippen molar-refractivity contribution in [3.63, 3.8) is 0 Å². The maximum atomic E-state index is 10.9. The van der Waals surface area contributed by atoms with E-state index in [0.29, 0.717) is 12.8 Å². The van der Waals surface area contributed by atoms with Gasteiger partial charge in [-0.25, -0.2) is 0 Å². The lowest BCUT2D eigenvalue weighted by molar-refractivity contribution is -0.137. The molecule has 0 aromatic heterocycles. The molecule has 0 aromatic carbocycles. The van der Waals surface area contributed by atoms with E-state index in [4.69, 9.17) is 13.3 Å². The van der Waals surface area contributed by atoms with Crippen LogP contribution in [0.5, 0.6) is 0 Å². The average molecular weight is 190 g/mol. The predicted molar refractivity (Wildman–Crippen MR) is 46.7 cm³/mol. The summed E-state index contributed by atoms with van der Waals surface area (Å²) in [5.74, 6) is -0.296. The Morgan fingerprint density at radius 3 is 2.50 bits per heavy atom. The molecular weight excluding hydrogens is 176 g/mol. The lowest BCUT2D eigenvalue weighted by Gasteiger charge is -2.10. The number of rotatable bonds is 6. The van der Waals surface area contributed by atoms with Crippen LogP contribution in [0.25, 0.3) is 0 Å². The summed E-state index contributed by atoms with van der Waals surface area (Å²) in [7, 11) is 0.743. The zero-order valence-electron chi connectivity index (χ0n) is 7.41. The summed E-state index contributed by atoms with van der Waals surface area (Å²) in [5, 5.41) is 0. The van der Waals surface area contributed by atoms with Crippen LogP contribution in [-0.2, 0) is 18.1 Å². The van der Waals surface area contributed by atoms with E-state index in [1.807, 2.05) is 0 Å². The van der Waals surface area contributed by atoms with Gasteiger partial charge in [0.15, 0.2) is 0 Å². The van der Waals surface area contributed by atoms with Gasteiger partial charge in [0.25, 0.3) is 5.97 Å². The molecule has 0 radical (unpaired) electrons. The highest BCUT2D eigenvalue weighted by molar-refractivity contribution is 6.39. The maximum absolute atomic E-state index is 10.9. The average Bonchev–Trinajstić information content (AvgIpc) is 2.10. The van der Waals surface area contributed by atoms with E-state index in [2.05, 4.69) is 6.58 Å². The van der Waals surface area contributed by atoms with Crippen LogP contribution < -0.4 is 0 Å². The predicted octanol–water partition coefficient (Wildman–Crippen LogP) is 0.506. The Hall–Kier alpha value is -0.653. The molecule has 4 nitrogen and oxygen atoms in total. The second kappa shape index (κ2) is 7.02. The van der Waals surface area contributed by atoms with Gasteiger partial charge in [-0.2, -0.15) is 0 Å². The van der Waals surface area contributed by atoms with Gasteiger partial charge >= 0.3 is 9.53 Å². The van der Waals surface area contributed by atoms with E-state index < -0.39 is 9.53 Å². The maximum Gasteiger partial charge on any atom is 0.550 e. The van der Waals surface area contributed by atoms with Gasteiger partial charge in [0.2, 0.25) is 0 Å². The van der Waals surface area contributed by atoms with Crippen LogP contribution in [0, 0.1) is 0 Å². The van der Waals surface area contributed by atoms with Crippen LogP contribution in [-0.4, -0.2) is 29.7 Å². The Morgan fingerprint density at radius 1 is 1.50 bits per heavy atom. The van der Waals surface area contributed by atoms with Crippen LogP contribution in [0.3, 0.4) is 0 Å². The van der Waals surface area contributed by atoms with Crippen molar-refractivity contribution in [1.29, 1.82) is 0 Å². The molecule has 0 aromatic rings. The smallest absolute Gasteiger partial charge is 0.476 e. The van der Waals surface area contributed by atoms with Crippen LogP contribution in [0.1, 0.15) is 12.8 Å². The quantitative estimate of drug-likeness (QED) is 0.452. The van der Waals surface area contributed by atoms with E-state index in [1.54, 1.807) is 6.08 Å². The van der Waals surface area contributed by atoms with Gasteiger partial charge in [0.1, 0.15) is 0 Å². The number of carbonyl (C=O) groups is 1. The molecule has 0 N–H and O–H groups in total. The zero-order valence-corrected chi connectivity index (χ0v) is 8.56. The van der Waals surface area contributed by atoms with Gasteiger partial charge in [0, 0.05) is 20.6 Å². The summed E-state index contributed by atoms with van der Waals surface area (Å²) in [6, 6.07) is 0. The van der Waals surface area contributed by atoms with Gasteiger partial charge in [0.05, 0.1) is 0 Å². The monoisotopic (exact) mass is 190 g/mol. The van der Waals surface area contributed by atoms with E-state index in [-0.39, 0.29) is 5.97 Å². The van der Waals surface area contributed by atoms with Gasteiger partial charge in [-0.15, -0.1) is 6.58 Å². The van der Waals surface area contributed by atoms with Crippen molar-refractivity contribution in [3.05, 3.63) is 12.7 Å². The topological polar surface area (TPSA) is 44.8 Å². The molecule has 0 rings (SSSR count). The first-order chi connectivity index (χ1) is 5.74. The molecule has 0 aliphatic heterocycles. The second-order valence-electron chi connectivity index (χ2n) is 2.08. The summed E-state index contributed by atoms with van der Waals surface area (Å²) in [4.78, 5) is 10.9. The molecule has 0 atom stereocenters. The van der Waals surface area contributed by atoms with Gasteiger partial charge in [-0.3, -0.25) is 4.79 Å². The first-order valence-electron chi connectivity index (χ1n) is 3.60. The minimum Gasteiger partial charge on any atom is -0.476 e. The zero-order chi connectivity index (χ0) is 9.40. The van der Waals surface area contributed by atoms with Crippen molar-refractivity contribution >= 4 is 15.5 Å². The minimum absolute atomic E-state index is 0.296. The van der Waals surface area contributed by atoms with Crippen LogP contribution in [0.15, 0.2) is 12.7 Å². The van der Waals surface area contributed by atoms with Gasteiger partial charge < -0.3 is 13.3 Å². The van der Waals surface area contributed by atoms with E-state index in [0.717, 1.165) is 0 Å². The highest BCUT2D eigenvalue weighted by Crippen LogP contribution is 1.96. The van der Waals surface area contributed by atoms with Crippen LogP contribution in [0.2, 0.25) is 0 Å². The summed E-state index contributed by atoms with van der Waals surface area (Å²) in [6.07, 6.45) is 2.62. The fourth-order valence-electron chi connectivity index (χ4n) is 0.579. The fraction of sp³-hybridized carbons (Fsp3) is 0.571. The third-order valence-electron chi connectivity index (χ3n) is 1.17. The molecule has 0 saturated heterocycles. The van der Waals surface area contributed by atoms with E-state index >= 15 is 0 Å². The molecule has 0 unspecified atom stereocenters. The Balaban J connectivity index is 3.58. The van der Waals surface area contributed by atoms with Crippen LogP contribution >= 0.6 is 0 Å². The van der Waals surface area contributed by atoms with E-state index in [1.165, 1.54) is 14.2 Å². The lowest BCUT2D eigenvalue weighted by atomic mass is 10.3. The molecule has 12 heavy (non-hydrogen) atoms. The summed E-state index contributed by atoms with van der Waals surface area (Å²) in [5.41, 5.74) is 0. The lowest BCUT2D eigenvalue weighted by Crippen LogP contribution is -2.27. The third kappa shape index (κ3) is 5.06. The number of allylic oxidation sites excluding steroid dienone is 1. The molecule has 0 fully saturated rings. The Morgan fingerprint density at radius 2 is 2.08 bits per heavy atom. The molecule has 0 bridgehead atoms. The second-order valence-corrected chi connectivity index (χ2v) is 3.83. The standard InChI is InChI=1S/C7H14O4Si/c1-4-5-6-7(8)11-12(9-2)10-3/h4,12H,1,5-6H2,2-3H3. The Labute approximate surface area is 74.1 Å². The first-order valence-corrected chi connectivity index (χ1v) is 5.02. The fourth-order valence-corrected chi connectivity index (χ4v) is 1.30. The Bertz CT molecular complexity index is 144. The molecule has 5 heteroatoms. The third-order valence-corrected chi connectivity index (χ3v) is 2.39. The molecule has 0 aliphatic carbocycles. The molecule has 0 heterocycles. The highest BCUT2D eigenvalue weighted by Gasteiger charge is 2.15. The van der Waals surface area contributed by atoms with Crippen molar-refractivity contribution in [1.82, 2.24) is 0 Å². The van der Waals surface area contributed by atoms with Crippen LogP contribution in [0.4, 0.5) is 0 Å². The normalized spacial score (nSPS) is 9.92. The molecule has 0 aliphatic rings. The van der Waals surface area contributed by atoms with E-state index in [9.17, 15) is 4.79 Å². The summed E-state index contributed by atoms with van der Waals surface area (Å²) >= 11 is 0. The van der Waals surface area contributed by atoms with Crippen molar-refractivity contribution < 1.29 is 18.1 Å². The van der Waals surface area contributed by atoms with Crippen molar-refractivity contribution in [2.45, 2.75) is 12.8 Å². The van der Waals surface area contributed by atoms with Gasteiger partial charge in [-0.05, 0) is 6.42 Å². The van der Waals surface area contributed by atoms with Crippen molar-refractivity contribution in [2.75, 3.05) is 14.2 Å². The molecular formula is C7H14O4Si. The molecule has 0 saturated carbocycles. The highest BCUT2D eigenvalue weighted by atomic mass is 28.3. The van der Waals surface area contributed by atoms with Gasteiger partial charge in [-0.1, -0.05) is 6.08 Å². The SMILES string of the molecule is C=CCCC(=O)O[SiH](OC)OC. The number of hydrogen-bond donors (Lipinski definition) is 0.